The van der Waals surface area contributed by atoms with E-state index in [0.717, 1.165) is 28.1 Å². The highest BCUT2D eigenvalue weighted by Gasteiger charge is 2.35. The third-order valence-electron chi connectivity index (χ3n) is 6.08. The molecule has 5 rings (SSSR count). The zero-order valence-electron chi connectivity index (χ0n) is 20.3. The fraction of sp³-hybridized carbons (Fsp3) is 0.103. The minimum atomic E-state index is -0.456. The third-order valence-corrected chi connectivity index (χ3v) is 6.99. The van der Waals surface area contributed by atoms with Gasteiger partial charge < -0.3 is 9.47 Å². The summed E-state index contributed by atoms with van der Waals surface area (Å²) in [5.41, 5.74) is 2.20. The molecule has 1 saturated heterocycles. The number of non-ortho nitro benzene ring substituents is 1. The van der Waals surface area contributed by atoms with Gasteiger partial charge in [-0.15, -0.1) is 0 Å². The summed E-state index contributed by atoms with van der Waals surface area (Å²) in [7, 11) is 1.50. The smallest absolute Gasteiger partial charge is 0.293 e. The molecule has 0 bridgehead atoms. The molecule has 9 heteroatoms. The highest BCUT2D eigenvalue weighted by atomic mass is 32.2. The molecule has 0 aromatic heterocycles. The molecule has 1 heterocycles. The minimum Gasteiger partial charge on any atom is -0.493 e. The summed E-state index contributed by atoms with van der Waals surface area (Å²) < 4.78 is 11.3. The van der Waals surface area contributed by atoms with Gasteiger partial charge in [0, 0.05) is 12.1 Å². The van der Waals surface area contributed by atoms with E-state index in [-0.39, 0.29) is 30.0 Å². The molecule has 0 spiro atoms. The van der Waals surface area contributed by atoms with Gasteiger partial charge in [-0.1, -0.05) is 60.7 Å². The number of nitro benzene ring substituents is 1. The Labute approximate surface area is 222 Å². The summed E-state index contributed by atoms with van der Waals surface area (Å²) in [6.07, 6.45) is 1.65. The number of imide groups is 1. The van der Waals surface area contributed by atoms with Crippen LogP contribution in [0.25, 0.3) is 16.8 Å². The molecule has 0 unspecified atom stereocenters. The number of fused-ring (bicyclic) bond motifs is 1. The summed E-state index contributed by atoms with van der Waals surface area (Å²) in [5.74, 6) is 0.525. The largest absolute Gasteiger partial charge is 0.493 e. The quantitative estimate of drug-likeness (QED) is 0.145. The number of benzene rings is 4. The highest BCUT2D eigenvalue weighted by Crippen LogP contribution is 2.36. The molecule has 0 radical (unpaired) electrons. The zero-order chi connectivity index (χ0) is 26.6. The van der Waals surface area contributed by atoms with Gasteiger partial charge in [0.15, 0.2) is 11.5 Å². The molecule has 1 fully saturated rings. The molecule has 2 amide bonds. The second kappa shape index (κ2) is 10.8. The second-order valence-corrected chi connectivity index (χ2v) is 9.53. The first kappa shape index (κ1) is 25.0. The summed E-state index contributed by atoms with van der Waals surface area (Å²) >= 11 is 0.902. The van der Waals surface area contributed by atoms with Gasteiger partial charge in [-0.3, -0.25) is 24.6 Å². The average molecular weight is 527 g/mol. The number of rotatable bonds is 8. The number of amides is 2. The molecule has 0 N–H and O–H groups in total. The van der Waals surface area contributed by atoms with E-state index in [4.69, 9.17) is 9.47 Å². The van der Waals surface area contributed by atoms with Crippen LogP contribution >= 0.6 is 11.8 Å². The van der Waals surface area contributed by atoms with Crippen LogP contribution < -0.4 is 9.47 Å². The predicted octanol–water partition coefficient (Wildman–Crippen LogP) is 6.57. The van der Waals surface area contributed by atoms with Crippen molar-refractivity contribution in [3.63, 3.8) is 0 Å². The second-order valence-electron chi connectivity index (χ2n) is 8.53. The van der Waals surface area contributed by atoms with E-state index in [2.05, 4.69) is 0 Å². The topological polar surface area (TPSA) is 99.0 Å². The number of thioether (sulfide) groups is 1. The van der Waals surface area contributed by atoms with Gasteiger partial charge in [0.2, 0.25) is 0 Å². The summed E-state index contributed by atoms with van der Waals surface area (Å²) in [4.78, 5) is 38.0. The number of ether oxygens (including phenoxy) is 2. The number of nitrogens with zero attached hydrogens (tertiary/aromatic N) is 2. The van der Waals surface area contributed by atoms with E-state index in [1.165, 1.54) is 24.1 Å². The molecule has 1 aliphatic rings. The van der Waals surface area contributed by atoms with Crippen molar-refractivity contribution < 1.29 is 24.0 Å². The summed E-state index contributed by atoms with van der Waals surface area (Å²) in [5, 5.41) is 12.7. The molecule has 8 nitrogen and oxygen atoms in total. The molecule has 190 valence electrons. The van der Waals surface area contributed by atoms with E-state index in [1.807, 2.05) is 42.5 Å². The van der Waals surface area contributed by atoms with Gasteiger partial charge in [-0.2, -0.15) is 0 Å². The minimum absolute atomic E-state index is 0.0113. The number of methoxy groups -OCH3 is 1. The highest BCUT2D eigenvalue weighted by molar-refractivity contribution is 8.18. The van der Waals surface area contributed by atoms with Gasteiger partial charge in [0.1, 0.15) is 6.61 Å². The summed E-state index contributed by atoms with van der Waals surface area (Å²) in [6, 6.07) is 25.1. The van der Waals surface area contributed by atoms with Crippen LogP contribution in [0.3, 0.4) is 0 Å². The van der Waals surface area contributed by atoms with Crippen LogP contribution in [0.15, 0.2) is 89.8 Å². The Morgan fingerprint density at radius 3 is 2.55 bits per heavy atom. The van der Waals surface area contributed by atoms with Crippen molar-refractivity contribution in [1.29, 1.82) is 0 Å². The van der Waals surface area contributed by atoms with Crippen LogP contribution in [-0.4, -0.2) is 28.1 Å². The normalized spacial score (nSPS) is 14.3. The maximum atomic E-state index is 13.1. The number of nitro groups is 1. The van der Waals surface area contributed by atoms with Gasteiger partial charge >= 0.3 is 0 Å². The molecule has 0 saturated carbocycles. The lowest BCUT2D eigenvalue weighted by molar-refractivity contribution is -0.384. The average Bonchev–Trinajstić information content (AvgIpc) is 3.19. The van der Waals surface area contributed by atoms with Crippen LogP contribution in [0, 0.1) is 10.1 Å². The molecular formula is C29H22N2O6S. The summed E-state index contributed by atoms with van der Waals surface area (Å²) in [6.45, 7) is 0.307. The molecule has 4 aromatic carbocycles. The van der Waals surface area contributed by atoms with E-state index >= 15 is 0 Å². The van der Waals surface area contributed by atoms with Crippen LogP contribution in [0.1, 0.15) is 16.7 Å². The Balaban J connectivity index is 1.32. The lowest BCUT2D eigenvalue weighted by atomic mass is 10.0. The Kier molecular flexibility index (Phi) is 7.10. The van der Waals surface area contributed by atoms with E-state index < -0.39 is 4.92 Å². The van der Waals surface area contributed by atoms with E-state index in [1.54, 1.807) is 36.4 Å². The maximum Gasteiger partial charge on any atom is 0.293 e. The SMILES string of the molecule is COc1cc(/C=C2/SC(=O)N(Cc3cccc4ccccc34)C2=O)ccc1OCc1cccc([N+](=O)[O-])c1. The van der Waals surface area contributed by atoms with Crippen molar-refractivity contribution in [2.45, 2.75) is 13.2 Å². The number of hydrogen-bond acceptors (Lipinski definition) is 7. The van der Waals surface area contributed by atoms with Crippen molar-refractivity contribution in [2.75, 3.05) is 7.11 Å². The van der Waals surface area contributed by atoms with Crippen molar-refractivity contribution in [2.24, 2.45) is 0 Å². The lowest BCUT2D eigenvalue weighted by Crippen LogP contribution is -2.27. The molecular weight excluding hydrogens is 504 g/mol. The Hall–Kier alpha value is -4.63. The van der Waals surface area contributed by atoms with Gasteiger partial charge in [-0.25, -0.2) is 0 Å². The number of carbonyl (C=O) groups is 2. The van der Waals surface area contributed by atoms with Crippen LogP contribution in [0.2, 0.25) is 0 Å². The molecule has 4 aromatic rings. The molecule has 38 heavy (non-hydrogen) atoms. The first-order chi connectivity index (χ1) is 18.4. The molecule has 1 aliphatic heterocycles. The molecule has 0 aliphatic carbocycles. The monoisotopic (exact) mass is 526 g/mol. The fourth-order valence-electron chi connectivity index (χ4n) is 4.20. The zero-order valence-corrected chi connectivity index (χ0v) is 21.1. The predicted molar refractivity (Wildman–Crippen MR) is 146 cm³/mol. The third kappa shape index (κ3) is 5.23. The van der Waals surface area contributed by atoms with Crippen LogP contribution in [-0.2, 0) is 17.9 Å². The Morgan fingerprint density at radius 2 is 1.74 bits per heavy atom. The standard InChI is InChI=1S/C29H22N2O6S/c1-36-26-15-19(12-13-25(26)37-18-20-6-4-10-23(14-20)31(34)35)16-27-28(32)30(29(33)38-27)17-22-9-5-8-21-7-2-3-11-24(21)22/h2-16H,17-18H2,1H3/b27-16+. The van der Waals surface area contributed by atoms with E-state index in [9.17, 15) is 19.7 Å². The van der Waals surface area contributed by atoms with Crippen molar-refractivity contribution in [3.8, 4) is 11.5 Å². The Bertz CT molecular complexity index is 1590. The number of hydrogen-bond donors (Lipinski definition) is 0. The van der Waals surface area contributed by atoms with Crippen molar-refractivity contribution >= 4 is 45.4 Å². The fourth-order valence-corrected chi connectivity index (χ4v) is 5.04. The van der Waals surface area contributed by atoms with E-state index in [0.29, 0.717) is 27.5 Å². The van der Waals surface area contributed by atoms with Crippen molar-refractivity contribution in [3.05, 3.63) is 117 Å². The molecule has 0 atom stereocenters. The van der Waals surface area contributed by atoms with Gasteiger partial charge in [0.25, 0.3) is 16.8 Å². The Morgan fingerprint density at radius 1 is 0.947 bits per heavy atom. The first-order valence-corrected chi connectivity index (χ1v) is 12.5. The van der Waals surface area contributed by atoms with Crippen LogP contribution in [0.4, 0.5) is 10.5 Å². The maximum absolute atomic E-state index is 13.1. The van der Waals surface area contributed by atoms with Crippen molar-refractivity contribution in [1.82, 2.24) is 4.90 Å². The first-order valence-electron chi connectivity index (χ1n) is 11.7. The van der Waals surface area contributed by atoms with Crippen LogP contribution in [0.5, 0.6) is 11.5 Å². The lowest BCUT2D eigenvalue weighted by Gasteiger charge is -2.14. The van der Waals surface area contributed by atoms with Gasteiger partial charge in [-0.05, 0) is 57.4 Å². The number of carbonyl (C=O) groups excluding carboxylic acids is 2. The van der Waals surface area contributed by atoms with Gasteiger partial charge in [0.05, 0.1) is 23.5 Å².